The Hall–Kier alpha value is -2.75. The predicted octanol–water partition coefficient (Wildman–Crippen LogP) is 3.50. The zero-order valence-electron chi connectivity index (χ0n) is 13.3. The van der Waals surface area contributed by atoms with Gasteiger partial charge in [0.2, 0.25) is 0 Å². The van der Waals surface area contributed by atoms with E-state index in [0.717, 1.165) is 12.1 Å². The number of hydrogen-bond donors (Lipinski definition) is 0. The van der Waals surface area contributed by atoms with Crippen molar-refractivity contribution in [2.24, 2.45) is 0 Å². The van der Waals surface area contributed by atoms with Crippen LogP contribution in [0.5, 0.6) is 5.75 Å². The molecular weight excluding hydrogens is 375 g/mol. The number of benzene rings is 1. The van der Waals surface area contributed by atoms with Crippen molar-refractivity contribution in [1.82, 2.24) is 4.40 Å². The maximum atomic E-state index is 12.5. The first-order valence-electron chi connectivity index (χ1n) is 7.36. The summed E-state index contributed by atoms with van der Waals surface area (Å²) in [4.78, 5) is 12.3. The van der Waals surface area contributed by atoms with Gasteiger partial charge in [-0.05, 0) is 31.2 Å². The molecule has 0 saturated heterocycles. The van der Waals surface area contributed by atoms with Crippen LogP contribution in [0.2, 0.25) is 0 Å². The zero-order valence-corrected chi connectivity index (χ0v) is 14.1. The molecule has 3 rings (SSSR count). The topological polar surface area (TPSA) is 74.1 Å². The van der Waals surface area contributed by atoms with Crippen LogP contribution in [0.1, 0.15) is 17.3 Å². The highest BCUT2D eigenvalue weighted by Crippen LogP contribution is 2.32. The summed E-state index contributed by atoms with van der Waals surface area (Å²) < 4.78 is 70.6. The lowest BCUT2D eigenvalue weighted by atomic mass is 10.1. The van der Waals surface area contributed by atoms with Gasteiger partial charge < -0.3 is 13.3 Å². The van der Waals surface area contributed by atoms with Crippen molar-refractivity contribution in [1.29, 1.82) is 0 Å². The first-order chi connectivity index (χ1) is 12.2. The summed E-state index contributed by atoms with van der Waals surface area (Å²) in [6, 6.07) is 8.46. The molecule has 10 heteroatoms. The molecule has 0 aliphatic carbocycles. The Kier molecular flexibility index (Phi) is 4.31. The molecule has 0 atom stereocenters. The summed E-state index contributed by atoms with van der Waals surface area (Å²) in [5.41, 5.74) is -4.54. The molecule has 2 heterocycles. The lowest BCUT2D eigenvalue weighted by molar-refractivity contribution is -0.0500. The van der Waals surface area contributed by atoms with E-state index >= 15 is 0 Å². The summed E-state index contributed by atoms with van der Waals surface area (Å²) in [6.07, 6.45) is 1.59. The van der Waals surface area contributed by atoms with Crippen molar-refractivity contribution < 1.29 is 35.3 Å². The first kappa shape index (κ1) is 18.1. The molecule has 0 aliphatic heterocycles. The highest BCUT2D eigenvalue weighted by molar-refractivity contribution is 7.88. The van der Waals surface area contributed by atoms with Crippen molar-refractivity contribution in [3.63, 3.8) is 0 Å². The number of fused-ring (bicyclic) bond motifs is 3. The number of esters is 1. The van der Waals surface area contributed by atoms with Crippen molar-refractivity contribution in [3.05, 3.63) is 48.2 Å². The second kappa shape index (κ2) is 6.20. The van der Waals surface area contributed by atoms with E-state index in [1.165, 1.54) is 10.5 Å². The number of ether oxygens (including phenoxy) is 1. The molecule has 3 aromatic rings. The Labute approximate surface area is 145 Å². The molecule has 0 unspecified atom stereocenters. The van der Waals surface area contributed by atoms with Crippen molar-refractivity contribution in [3.8, 4) is 5.75 Å². The second-order valence-corrected chi connectivity index (χ2v) is 6.75. The van der Waals surface area contributed by atoms with Crippen molar-refractivity contribution in [2.45, 2.75) is 12.4 Å². The molecule has 0 amide bonds. The van der Waals surface area contributed by atoms with Crippen molar-refractivity contribution in [2.75, 3.05) is 6.61 Å². The number of carbonyl (C=O) groups is 1. The highest BCUT2D eigenvalue weighted by atomic mass is 32.2. The molecule has 0 radical (unpaired) electrons. The van der Waals surface area contributed by atoms with Gasteiger partial charge in [0.1, 0.15) is 5.75 Å². The largest absolute Gasteiger partial charge is 0.534 e. The van der Waals surface area contributed by atoms with E-state index in [0.29, 0.717) is 16.4 Å². The van der Waals surface area contributed by atoms with E-state index in [-0.39, 0.29) is 12.2 Å². The van der Waals surface area contributed by atoms with E-state index in [1.54, 1.807) is 31.3 Å². The molecule has 26 heavy (non-hydrogen) atoms. The SMILES string of the molecule is CCOC(=O)c1c2ccc(OS(=O)(=O)C(F)(F)F)cc2n2ccccc12. The number of pyridine rings is 1. The van der Waals surface area contributed by atoms with Gasteiger partial charge in [-0.2, -0.15) is 21.6 Å². The highest BCUT2D eigenvalue weighted by Gasteiger charge is 2.48. The van der Waals surface area contributed by atoms with E-state index in [1.807, 2.05) is 0 Å². The third-order valence-electron chi connectivity index (χ3n) is 3.58. The van der Waals surface area contributed by atoms with Gasteiger partial charge in [0.05, 0.1) is 23.2 Å². The second-order valence-electron chi connectivity index (χ2n) is 5.21. The minimum atomic E-state index is -5.79. The number of nitrogens with zero attached hydrogens (tertiary/aromatic N) is 1. The average molecular weight is 387 g/mol. The summed E-state index contributed by atoms with van der Waals surface area (Å²) in [5.74, 6) is -1.11. The van der Waals surface area contributed by atoms with Crippen LogP contribution in [0.25, 0.3) is 16.4 Å². The lowest BCUT2D eigenvalue weighted by Crippen LogP contribution is -2.28. The maximum Gasteiger partial charge on any atom is 0.534 e. The van der Waals surface area contributed by atoms with E-state index in [4.69, 9.17) is 4.74 Å². The minimum absolute atomic E-state index is 0.148. The molecule has 0 bridgehead atoms. The van der Waals surface area contributed by atoms with Gasteiger partial charge >= 0.3 is 21.6 Å². The van der Waals surface area contributed by atoms with E-state index in [9.17, 15) is 26.4 Å². The van der Waals surface area contributed by atoms with Gasteiger partial charge in [-0.1, -0.05) is 6.07 Å². The van der Waals surface area contributed by atoms with Crippen LogP contribution in [-0.2, 0) is 14.9 Å². The van der Waals surface area contributed by atoms with Crippen LogP contribution in [0, 0.1) is 0 Å². The maximum absolute atomic E-state index is 12.5. The smallest absolute Gasteiger partial charge is 0.462 e. The van der Waals surface area contributed by atoms with Gasteiger partial charge in [0.25, 0.3) is 0 Å². The fourth-order valence-corrected chi connectivity index (χ4v) is 3.01. The standard InChI is InChI=1S/C16H12F3NO5S/c1-2-24-15(21)14-11-7-6-10(25-26(22,23)16(17,18)19)9-13(11)20-8-4-3-5-12(14)20/h3-9H,2H2,1H3. The Bertz CT molecular complexity index is 1100. The van der Waals surface area contributed by atoms with E-state index in [2.05, 4.69) is 4.18 Å². The zero-order chi connectivity index (χ0) is 19.1. The molecular formula is C16H12F3NO5S. The summed E-state index contributed by atoms with van der Waals surface area (Å²) >= 11 is 0. The Morgan fingerprint density at radius 3 is 2.54 bits per heavy atom. The van der Waals surface area contributed by atoms with Crippen molar-refractivity contribution >= 4 is 32.5 Å². The van der Waals surface area contributed by atoms with Gasteiger partial charge in [0, 0.05) is 17.6 Å². The molecule has 0 aliphatic rings. The Morgan fingerprint density at radius 2 is 1.88 bits per heavy atom. The third-order valence-corrected chi connectivity index (χ3v) is 4.56. The molecule has 0 N–H and O–H groups in total. The molecule has 0 fully saturated rings. The number of rotatable bonds is 4. The Morgan fingerprint density at radius 1 is 1.15 bits per heavy atom. The first-order valence-corrected chi connectivity index (χ1v) is 8.77. The van der Waals surface area contributed by atoms with Crippen LogP contribution >= 0.6 is 0 Å². The molecule has 138 valence electrons. The van der Waals surface area contributed by atoms with Crippen LogP contribution in [0.4, 0.5) is 13.2 Å². The van der Waals surface area contributed by atoms with Gasteiger partial charge in [-0.15, -0.1) is 0 Å². The average Bonchev–Trinajstić information content (AvgIpc) is 2.87. The normalized spacial score (nSPS) is 12.5. The van der Waals surface area contributed by atoms with Gasteiger partial charge in [-0.25, -0.2) is 4.79 Å². The summed E-state index contributed by atoms with van der Waals surface area (Å²) in [5, 5.41) is 0.395. The minimum Gasteiger partial charge on any atom is -0.462 e. The van der Waals surface area contributed by atoms with Crippen LogP contribution in [0.3, 0.4) is 0 Å². The number of halogens is 3. The third kappa shape index (κ3) is 2.96. The molecule has 6 nitrogen and oxygen atoms in total. The van der Waals surface area contributed by atoms with Gasteiger partial charge in [-0.3, -0.25) is 0 Å². The van der Waals surface area contributed by atoms with Crippen LogP contribution in [-0.4, -0.2) is 30.9 Å². The fraction of sp³-hybridized carbons (Fsp3) is 0.188. The summed E-state index contributed by atoms with van der Waals surface area (Å²) in [6.45, 7) is 1.79. The Balaban J connectivity index is 2.20. The summed E-state index contributed by atoms with van der Waals surface area (Å²) in [7, 11) is -5.79. The van der Waals surface area contributed by atoms with Crippen LogP contribution in [0.15, 0.2) is 42.6 Å². The molecule has 0 saturated carbocycles. The number of alkyl halides is 3. The number of aromatic nitrogens is 1. The number of hydrogen-bond acceptors (Lipinski definition) is 5. The monoisotopic (exact) mass is 387 g/mol. The van der Waals surface area contributed by atoms with E-state index < -0.39 is 27.3 Å². The lowest BCUT2D eigenvalue weighted by Gasteiger charge is -2.09. The predicted molar refractivity (Wildman–Crippen MR) is 86.5 cm³/mol. The van der Waals surface area contributed by atoms with Crippen LogP contribution < -0.4 is 4.18 Å². The number of carbonyl (C=O) groups excluding carboxylic acids is 1. The van der Waals surface area contributed by atoms with Gasteiger partial charge in [0.15, 0.2) is 0 Å². The quantitative estimate of drug-likeness (QED) is 0.389. The fourth-order valence-electron chi connectivity index (χ4n) is 2.56. The molecule has 0 spiro atoms. The molecule has 1 aromatic carbocycles. The molecule has 2 aromatic heterocycles.